The van der Waals surface area contributed by atoms with E-state index >= 15 is 0 Å². The third-order valence-electron chi connectivity index (χ3n) is 2.83. The number of aromatic amines is 1. The minimum atomic E-state index is 1.01. The van der Waals surface area contributed by atoms with E-state index in [-0.39, 0.29) is 0 Å². The van der Waals surface area contributed by atoms with Crippen LogP contribution in [0.25, 0.3) is 33.4 Å². The van der Waals surface area contributed by atoms with Crippen molar-refractivity contribution >= 4 is 11.0 Å². The van der Waals surface area contributed by atoms with Crippen molar-refractivity contribution in [1.82, 2.24) is 19.9 Å². The lowest BCUT2D eigenvalue weighted by Crippen LogP contribution is -2.02. The first kappa shape index (κ1) is 7.11. The second-order valence-electron chi connectivity index (χ2n) is 3.57. The van der Waals surface area contributed by atoms with Gasteiger partial charge in [0.2, 0.25) is 0 Å². The molecule has 0 fully saturated rings. The molecule has 0 saturated heterocycles. The quantitative estimate of drug-likeness (QED) is 0.465. The van der Waals surface area contributed by atoms with Gasteiger partial charge in [-0.25, -0.2) is 15.0 Å². The Bertz CT molecular complexity index is 684. The SMILES string of the molecule is c1ncc2c(n1)-c1ccc3[nH]cnc3c1-2. The van der Waals surface area contributed by atoms with Crippen molar-refractivity contribution in [3.63, 3.8) is 0 Å². The first-order chi connectivity index (χ1) is 7.45. The van der Waals surface area contributed by atoms with Crippen molar-refractivity contribution in [2.45, 2.75) is 0 Å². The lowest BCUT2D eigenvalue weighted by Gasteiger charge is -2.21. The van der Waals surface area contributed by atoms with Crippen LogP contribution in [-0.4, -0.2) is 19.9 Å². The molecule has 3 aromatic rings. The van der Waals surface area contributed by atoms with E-state index in [9.17, 15) is 0 Å². The summed E-state index contributed by atoms with van der Waals surface area (Å²) in [5.41, 5.74) is 6.55. The van der Waals surface area contributed by atoms with Crippen molar-refractivity contribution in [2.24, 2.45) is 0 Å². The average molecular weight is 194 g/mol. The summed E-state index contributed by atoms with van der Waals surface area (Å²) >= 11 is 0. The summed E-state index contributed by atoms with van der Waals surface area (Å²) in [7, 11) is 0. The second kappa shape index (κ2) is 2.23. The van der Waals surface area contributed by atoms with Crippen LogP contribution in [0.15, 0.2) is 31.0 Å². The summed E-state index contributed by atoms with van der Waals surface area (Å²) in [4.78, 5) is 15.7. The first-order valence-corrected chi connectivity index (χ1v) is 4.72. The van der Waals surface area contributed by atoms with Crippen molar-refractivity contribution in [3.8, 4) is 22.4 Å². The van der Waals surface area contributed by atoms with Crippen LogP contribution < -0.4 is 0 Å². The van der Waals surface area contributed by atoms with Gasteiger partial charge in [0.05, 0.1) is 23.1 Å². The van der Waals surface area contributed by atoms with Gasteiger partial charge in [0, 0.05) is 22.9 Å². The van der Waals surface area contributed by atoms with Gasteiger partial charge in [-0.2, -0.15) is 0 Å². The molecule has 2 heterocycles. The van der Waals surface area contributed by atoms with E-state index in [4.69, 9.17) is 0 Å². The van der Waals surface area contributed by atoms with E-state index in [2.05, 4.69) is 26.0 Å². The highest BCUT2D eigenvalue weighted by Crippen LogP contribution is 2.47. The smallest absolute Gasteiger partial charge is 0.116 e. The zero-order valence-electron chi connectivity index (χ0n) is 7.73. The largest absolute Gasteiger partial charge is 0.345 e. The Kier molecular flexibility index (Phi) is 1.06. The molecule has 0 unspecified atom stereocenters. The Morgan fingerprint density at radius 3 is 3.07 bits per heavy atom. The molecule has 15 heavy (non-hydrogen) atoms. The molecule has 1 aliphatic carbocycles. The van der Waals surface area contributed by atoms with E-state index in [1.165, 1.54) is 11.1 Å². The van der Waals surface area contributed by atoms with Crippen LogP contribution in [0.1, 0.15) is 0 Å². The van der Waals surface area contributed by atoms with Gasteiger partial charge >= 0.3 is 0 Å². The molecule has 4 heteroatoms. The molecular weight excluding hydrogens is 188 g/mol. The van der Waals surface area contributed by atoms with Crippen molar-refractivity contribution in [3.05, 3.63) is 31.0 Å². The van der Waals surface area contributed by atoms with E-state index in [1.807, 2.05) is 12.3 Å². The molecule has 4 nitrogen and oxygen atoms in total. The van der Waals surface area contributed by atoms with Gasteiger partial charge < -0.3 is 4.98 Å². The van der Waals surface area contributed by atoms with Crippen LogP contribution in [0.2, 0.25) is 0 Å². The zero-order valence-corrected chi connectivity index (χ0v) is 7.73. The predicted octanol–water partition coefficient (Wildman–Crippen LogP) is 2.00. The van der Waals surface area contributed by atoms with Gasteiger partial charge in [0.25, 0.3) is 0 Å². The van der Waals surface area contributed by atoms with Gasteiger partial charge in [-0.3, -0.25) is 0 Å². The normalized spacial score (nSPS) is 12.0. The van der Waals surface area contributed by atoms with Crippen LogP contribution in [0.5, 0.6) is 0 Å². The highest BCUT2D eigenvalue weighted by molar-refractivity contribution is 6.11. The number of benzene rings is 1. The number of fused-ring (bicyclic) bond motifs is 6. The van der Waals surface area contributed by atoms with Crippen LogP contribution in [0, 0.1) is 0 Å². The summed E-state index contributed by atoms with van der Waals surface area (Å²) in [6.45, 7) is 0. The molecule has 1 N–H and O–H groups in total. The third-order valence-corrected chi connectivity index (χ3v) is 2.83. The number of rotatable bonds is 0. The number of nitrogens with zero attached hydrogens (tertiary/aromatic N) is 3. The number of aromatic nitrogens is 4. The Balaban J connectivity index is 2.18. The maximum Gasteiger partial charge on any atom is 0.116 e. The van der Waals surface area contributed by atoms with Gasteiger partial charge in [0.15, 0.2) is 0 Å². The average Bonchev–Trinajstić information content (AvgIpc) is 2.70. The zero-order chi connectivity index (χ0) is 9.83. The Morgan fingerprint density at radius 1 is 1.07 bits per heavy atom. The Morgan fingerprint density at radius 2 is 2.07 bits per heavy atom. The van der Waals surface area contributed by atoms with Crippen molar-refractivity contribution in [1.29, 1.82) is 0 Å². The molecule has 0 spiro atoms. The van der Waals surface area contributed by atoms with Gasteiger partial charge in [-0.15, -0.1) is 0 Å². The predicted molar refractivity (Wildman–Crippen MR) is 56.1 cm³/mol. The summed E-state index contributed by atoms with van der Waals surface area (Å²) in [6, 6.07) is 4.11. The number of hydrogen-bond acceptors (Lipinski definition) is 3. The van der Waals surface area contributed by atoms with E-state index in [1.54, 1.807) is 12.7 Å². The molecule has 1 aromatic carbocycles. The van der Waals surface area contributed by atoms with Gasteiger partial charge in [-0.05, 0) is 12.1 Å². The topological polar surface area (TPSA) is 54.5 Å². The molecule has 0 bridgehead atoms. The minimum Gasteiger partial charge on any atom is -0.345 e. The number of hydrogen-bond donors (Lipinski definition) is 1. The van der Waals surface area contributed by atoms with E-state index in [0.717, 1.165) is 22.3 Å². The van der Waals surface area contributed by atoms with E-state index in [0.29, 0.717) is 0 Å². The van der Waals surface area contributed by atoms with Crippen LogP contribution in [0.3, 0.4) is 0 Å². The number of nitrogens with one attached hydrogen (secondary N) is 1. The van der Waals surface area contributed by atoms with Crippen LogP contribution in [-0.2, 0) is 0 Å². The Labute approximate surface area is 85.0 Å². The summed E-state index contributed by atoms with van der Waals surface area (Å²) in [5, 5.41) is 0. The number of H-pyrrole nitrogens is 1. The summed E-state index contributed by atoms with van der Waals surface area (Å²) < 4.78 is 0. The molecule has 0 aliphatic heterocycles. The molecule has 0 atom stereocenters. The summed E-state index contributed by atoms with van der Waals surface area (Å²) in [5.74, 6) is 0. The molecule has 0 saturated carbocycles. The monoisotopic (exact) mass is 194 g/mol. The maximum absolute atomic E-state index is 4.32. The lowest BCUT2D eigenvalue weighted by atomic mass is 9.85. The minimum absolute atomic E-state index is 1.01. The molecule has 1 aliphatic rings. The fourth-order valence-electron chi connectivity index (χ4n) is 2.14. The van der Waals surface area contributed by atoms with Crippen LogP contribution in [0.4, 0.5) is 0 Å². The van der Waals surface area contributed by atoms with Gasteiger partial charge in [-0.1, -0.05) is 0 Å². The van der Waals surface area contributed by atoms with Crippen molar-refractivity contribution < 1.29 is 0 Å². The fraction of sp³-hybridized carbons (Fsp3) is 0. The molecule has 4 rings (SSSR count). The fourth-order valence-corrected chi connectivity index (χ4v) is 2.14. The van der Waals surface area contributed by atoms with E-state index < -0.39 is 0 Å². The van der Waals surface area contributed by atoms with Crippen molar-refractivity contribution in [2.75, 3.05) is 0 Å². The second-order valence-corrected chi connectivity index (χ2v) is 3.57. The molecule has 0 radical (unpaired) electrons. The molecule has 0 amide bonds. The highest BCUT2D eigenvalue weighted by Gasteiger charge is 2.26. The standard InChI is InChI=1S/C11H6N4/c1-2-8-11(15-5-13-8)9-6(1)10-7(9)3-12-4-14-10/h1-5H,(H,13,15). The molecule has 70 valence electrons. The Hall–Kier alpha value is -2.23. The number of imidazole rings is 1. The van der Waals surface area contributed by atoms with Crippen LogP contribution >= 0.6 is 0 Å². The summed E-state index contributed by atoms with van der Waals surface area (Å²) in [6.07, 6.45) is 5.14. The molecular formula is C11H6N4. The lowest BCUT2D eigenvalue weighted by molar-refractivity contribution is 1.16. The maximum atomic E-state index is 4.32. The first-order valence-electron chi connectivity index (χ1n) is 4.72. The molecule has 2 aromatic heterocycles. The highest BCUT2D eigenvalue weighted by atomic mass is 14.9. The third kappa shape index (κ3) is 0.710. The van der Waals surface area contributed by atoms with Gasteiger partial charge in [0.1, 0.15) is 6.33 Å².